The quantitative estimate of drug-likeness (QED) is 0.362. The molecule has 2 heterocycles. The highest BCUT2D eigenvalue weighted by Gasteiger charge is 2.24. The van der Waals surface area contributed by atoms with Crippen LogP contribution in [0.15, 0.2) is 59.7 Å². The van der Waals surface area contributed by atoms with Crippen molar-refractivity contribution in [3.8, 4) is 22.8 Å². The van der Waals surface area contributed by atoms with Crippen molar-refractivity contribution >= 4 is 11.6 Å². The molecule has 33 heavy (non-hydrogen) atoms. The first kappa shape index (κ1) is 22.5. The van der Waals surface area contributed by atoms with Gasteiger partial charge in [-0.15, -0.1) is 0 Å². The van der Waals surface area contributed by atoms with Crippen molar-refractivity contribution in [3.63, 3.8) is 0 Å². The zero-order valence-electron chi connectivity index (χ0n) is 19.5. The van der Waals surface area contributed by atoms with Crippen LogP contribution >= 0.6 is 0 Å². The Hall–Kier alpha value is -3.68. The molecule has 4 rings (SSSR count). The van der Waals surface area contributed by atoms with Crippen LogP contribution in [0.4, 0.5) is 5.69 Å². The van der Waals surface area contributed by atoms with E-state index in [9.17, 15) is 0 Å². The highest BCUT2D eigenvalue weighted by atomic mass is 16.5. The van der Waals surface area contributed by atoms with Crippen LogP contribution in [0.1, 0.15) is 19.2 Å². The standard InChI is InChI=1S/C25H32N6O2/c1-4-26-25(28-16-24-27-15-23(30-24)18-8-6-5-7-9-18)29-19-10-11-31(17-19)20-12-21(32-2)14-22(13-20)33-3/h5-9,12-15,19H,4,10-11,16-17H2,1-3H3,(H,27,30)(H2,26,28,29). The van der Waals surface area contributed by atoms with Gasteiger partial charge in [0.05, 0.1) is 26.1 Å². The Morgan fingerprint density at radius 3 is 2.61 bits per heavy atom. The molecule has 3 N–H and O–H groups in total. The van der Waals surface area contributed by atoms with E-state index < -0.39 is 0 Å². The maximum atomic E-state index is 5.42. The Kier molecular flexibility index (Phi) is 7.34. The molecule has 1 unspecified atom stereocenters. The molecule has 1 aliphatic rings. The number of rotatable bonds is 8. The van der Waals surface area contributed by atoms with E-state index in [2.05, 4.69) is 44.6 Å². The summed E-state index contributed by atoms with van der Waals surface area (Å²) in [5, 5.41) is 6.92. The number of nitrogens with zero attached hydrogens (tertiary/aromatic N) is 3. The van der Waals surface area contributed by atoms with Gasteiger partial charge >= 0.3 is 0 Å². The van der Waals surface area contributed by atoms with Gasteiger partial charge in [-0.2, -0.15) is 0 Å². The molecular weight excluding hydrogens is 416 g/mol. The predicted molar refractivity (Wildman–Crippen MR) is 132 cm³/mol. The Morgan fingerprint density at radius 2 is 1.91 bits per heavy atom. The molecule has 0 bridgehead atoms. The summed E-state index contributed by atoms with van der Waals surface area (Å²) in [5.41, 5.74) is 3.21. The van der Waals surface area contributed by atoms with E-state index in [0.717, 1.165) is 66.3 Å². The number of hydrogen-bond donors (Lipinski definition) is 3. The summed E-state index contributed by atoms with van der Waals surface area (Å²) in [5.74, 6) is 3.22. The number of aromatic amines is 1. The summed E-state index contributed by atoms with van der Waals surface area (Å²) in [6, 6.07) is 16.5. The average Bonchev–Trinajstić information content (AvgIpc) is 3.53. The van der Waals surface area contributed by atoms with E-state index in [0.29, 0.717) is 6.54 Å². The number of aromatic nitrogens is 2. The number of guanidine groups is 1. The van der Waals surface area contributed by atoms with Crippen molar-refractivity contribution in [2.75, 3.05) is 38.8 Å². The third-order valence-corrected chi connectivity index (χ3v) is 5.67. The van der Waals surface area contributed by atoms with Crippen LogP contribution in [0.3, 0.4) is 0 Å². The summed E-state index contributed by atoms with van der Waals surface area (Å²) in [7, 11) is 3.35. The normalized spacial score (nSPS) is 16.0. The van der Waals surface area contributed by atoms with Crippen molar-refractivity contribution in [3.05, 3.63) is 60.6 Å². The number of aliphatic imine (C=N–C) groups is 1. The van der Waals surface area contributed by atoms with Gasteiger partial charge in [-0.3, -0.25) is 0 Å². The second-order valence-corrected chi connectivity index (χ2v) is 7.95. The first-order valence-corrected chi connectivity index (χ1v) is 11.3. The van der Waals surface area contributed by atoms with E-state index in [-0.39, 0.29) is 6.04 Å². The molecule has 0 radical (unpaired) electrons. The van der Waals surface area contributed by atoms with Gasteiger partial charge in [0.25, 0.3) is 0 Å². The van der Waals surface area contributed by atoms with E-state index >= 15 is 0 Å². The maximum absolute atomic E-state index is 5.42. The summed E-state index contributed by atoms with van der Waals surface area (Å²) >= 11 is 0. The summed E-state index contributed by atoms with van der Waals surface area (Å²) in [6.45, 7) is 5.17. The fourth-order valence-corrected chi connectivity index (χ4v) is 3.96. The minimum Gasteiger partial charge on any atom is -0.497 e. The highest BCUT2D eigenvalue weighted by Crippen LogP contribution is 2.30. The second-order valence-electron chi connectivity index (χ2n) is 7.95. The predicted octanol–water partition coefficient (Wildman–Crippen LogP) is 3.43. The van der Waals surface area contributed by atoms with Gasteiger partial charge in [-0.25, -0.2) is 9.98 Å². The van der Waals surface area contributed by atoms with Gasteiger partial charge in [0.15, 0.2) is 5.96 Å². The number of methoxy groups -OCH3 is 2. The zero-order valence-corrected chi connectivity index (χ0v) is 19.5. The number of hydrogen-bond acceptors (Lipinski definition) is 5. The summed E-state index contributed by atoms with van der Waals surface area (Å²) < 4.78 is 10.8. The fourth-order valence-electron chi connectivity index (χ4n) is 3.96. The maximum Gasteiger partial charge on any atom is 0.191 e. The summed E-state index contributed by atoms with van der Waals surface area (Å²) in [4.78, 5) is 14.9. The van der Waals surface area contributed by atoms with Crippen LogP contribution in [-0.4, -0.2) is 55.8 Å². The molecule has 1 atom stereocenters. The van der Waals surface area contributed by atoms with Crippen LogP contribution in [0, 0.1) is 0 Å². The third-order valence-electron chi connectivity index (χ3n) is 5.67. The van der Waals surface area contributed by atoms with Gasteiger partial charge in [0.2, 0.25) is 0 Å². The number of H-pyrrole nitrogens is 1. The molecule has 1 fully saturated rings. The number of anilines is 1. The lowest BCUT2D eigenvalue weighted by Gasteiger charge is -2.21. The molecular formula is C25H32N6O2. The fraction of sp³-hybridized carbons (Fsp3) is 0.360. The van der Waals surface area contributed by atoms with E-state index in [1.54, 1.807) is 14.2 Å². The first-order valence-electron chi connectivity index (χ1n) is 11.3. The molecule has 0 aliphatic carbocycles. The Bertz CT molecular complexity index is 1040. The van der Waals surface area contributed by atoms with Crippen molar-refractivity contribution in [2.45, 2.75) is 25.9 Å². The molecule has 174 valence electrons. The van der Waals surface area contributed by atoms with Crippen LogP contribution in [0.2, 0.25) is 0 Å². The Labute approximate surface area is 195 Å². The molecule has 1 saturated heterocycles. The van der Waals surface area contributed by atoms with Gasteiger partial charge in [-0.1, -0.05) is 30.3 Å². The van der Waals surface area contributed by atoms with E-state index in [4.69, 9.17) is 14.5 Å². The topological polar surface area (TPSA) is 86.8 Å². The van der Waals surface area contributed by atoms with Crippen LogP contribution in [-0.2, 0) is 6.54 Å². The van der Waals surface area contributed by atoms with Crippen LogP contribution < -0.4 is 25.0 Å². The molecule has 2 aromatic carbocycles. The van der Waals surface area contributed by atoms with Crippen molar-refractivity contribution in [1.29, 1.82) is 0 Å². The molecule has 0 saturated carbocycles. The molecule has 8 heteroatoms. The molecule has 0 spiro atoms. The largest absolute Gasteiger partial charge is 0.497 e. The molecule has 3 aromatic rings. The van der Waals surface area contributed by atoms with Crippen molar-refractivity contribution in [1.82, 2.24) is 20.6 Å². The zero-order chi connectivity index (χ0) is 23.0. The minimum absolute atomic E-state index is 0.288. The van der Waals surface area contributed by atoms with Crippen molar-refractivity contribution in [2.24, 2.45) is 4.99 Å². The number of ether oxygens (including phenoxy) is 2. The van der Waals surface area contributed by atoms with Crippen LogP contribution in [0.25, 0.3) is 11.3 Å². The average molecular weight is 449 g/mol. The van der Waals surface area contributed by atoms with E-state index in [1.807, 2.05) is 42.6 Å². The minimum atomic E-state index is 0.288. The van der Waals surface area contributed by atoms with E-state index in [1.165, 1.54) is 0 Å². The first-order chi connectivity index (χ1) is 16.2. The van der Waals surface area contributed by atoms with Gasteiger partial charge < -0.3 is 30.0 Å². The summed E-state index contributed by atoms with van der Waals surface area (Å²) in [6.07, 6.45) is 2.88. The second kappa shape index (κ2) is 10.8. The lowest BCUT2D eigenvalue weighted by molar-refractivity contribution is 0.394. The van der Waals surface area contributed by atoms with Crippen molar-refractivity contribution < 1.29 is 9.47 Å². The molecule has 1 aromatic heterocycles. The highest BCUT2D eigenvalue weighted by molar-refractivity contribution is 5.80. The monoisotopic (exact) mass is 448 g/mol. The number of nitrogens with one attached hydrogen (secondary N) is 3. The molecule has 1 aliphatic heterocycles. The molecule has 8 nitrogen and oxygen atoms in total. The lowest BCUT2D eigenvalue weighted by Crippen LogP contribution is -2.44. The molecule has 0 amide bonds. The SMILES string of the molecule is CCNC(=NCc1ncc(-c2ccccc2)[nH]1)NC1CCN(c2cc(OC)cc(OC)c2)C1. The van der Waals surface area contributed by atoms with Gasteiger partial charge in [0.1, 0.15) is 23.9 Å². The Balaban J connectivity index is 1.39. The Morgan fingerprint density at radius 1 is 1.15 bits per heavy atom. The lowest BCUT2D eigenvalue weighted by atomic mass is 10.2. The number of imidazole rings is 1. The van der Waals surface area contributed by atoms with Gasteiger partial charge in [-0.05, 0) is 18.9 Å². The van der Waals surface area contributed by atoms with Gasteiger partial charge in [0, 0.05) is 49.6 Å². The number of benzene rings is 2. The van der Waals surface area contributed by atoms with Crippen LogP contribution in [0.5, 0.6) is 11.5 Å². The third kappa shape index (κ3) is 5.77. The smallest absolute Gasteiger partial charge is 0.191 e.